The normalized spacial score (nSPS) is 10.9. The summed E-state index contributed by atoms with van der Waals surface area (Å²) in [7, 11) is 0. The van der Waals surface area contributed by atoms with Gasteiger partial charge in [-0.3, -0.25) is 4.99 Å². The number of ether oxygens (including phenoxy) is 1. The minimum absolute atomic E-state index is 0.0502. The van der Waals surface area contributed by atoms with Gasteiger partial charge in [0, 0.05) is 13.0 Å². The fourth-order valence-corrected chi connectivity index (χ4v) is 1.85. The SMILES string of the molecule is NC(N)=NCCCCOc1ccc(CC(O)(C(=O)O)C(=O)O)cc1. The van der Waals surface area contributed by atoms with Crippen molar-refractivity contribution in [2.75, 3.05) is 13.2 Å². The van der Waals surface area contributed by atoms with Crippen LogP contribution in [0.3, 0.4) is 0 Å². The summed E-state index contributed by atoms with van der Waals surface area (Å²) in [6.07, 6.45) is 0.965. The molecule has 0 unspecified atom stereocenters. The summed E-state index contributed by atoms with van der Waals surface area (Å²) >= 11 is 0. The highest BCUT2D eigenvalue weighted by molar-refractivity contribution is 6.01. The topological polar surface area (TPSA) is 168 Å². The molecule has 9 heteroatoms. The molecule has 132 valence electrons. The van der Waals surface area contributed by atoms with Gasteiger partial charge >= 0.3 is 11.9 Å². The molecule has 0 aromatic heterocycles. The molecular formula is C15H21N3O6. The van der Waals surface area contributed by atoms with Gasteiger partial charge in [-0.25, -0.2) is 9.59 Å². The Balaban J connectivity index is 2.50. The monoisotopic (exact) mass is 339 g/mol. The van der Waals surface area contributed by atoms with Crippen LogP contribution in [0.25, 0.3) is 0 Å². The van der Waals surface area contributed by atoms with E-state index in [9.17, 15) is 14.7 Å². The van der Waals surface area contributed by atoms with E-state index in [2.05, 4.69) is 4.99 Å². The summed E-state index contributed by atoms with van der Waals surface area (Å²) in [4.78, 5) is 25.7. The molecule has 0 atom stereocenters. The van der Waals surface area contributed by atoms with E-state index in [1.165, 1.54) is 12.1 Å². The van der Waals surface area contributed by atoms with Crippen molar-refractivity contribution < 1.29 is 29.6 Å². The van der Waals surface area contributed by atoms with Crippen molar-refractivity contribution in [3.05, 3.63) is 29.8 Å². The van der Waals surface area contributed by atoms with Crippen molar-refractivity contribution in [2.45, 2.75) is 24.9 Å². The third kappa shape index (κ3) is 5.76. The highest BCUT2D eigenvalue weighted by atomic mass is 16.5. The molecule has 0 saturated carbocycles. The van der Waals surface area contributed by atoms with Crippen molar-refractivity contribution in [1.82, 2.24) is 0 Å². The number of unbranched alkanes of at least 4 members (excludes halogenated alkanes) is 1. The second-order valence-corrected chi connectivity index (χ2v) is 5.15. The number of guanidine groups is 1. The van der Waals surface area contributed by atoms with Crippen molar-refractivity contribution in [2.24, 2.45) is 16.5 Å². The minimum atomic E-state index is -2.85. The summed E-state index contributed by atoms with van der Waals surface area (Å²) in [6, 6.07) is 6.17. The molecule has 0 spiro atoms. The van der Waals surface area contributed by atoms with Crippen LogP contribution in [-0.2, 0) is 16.0 Å². The van der Waals surface area contributed by atoms with E-state index < -0.39 is 24.0 Å². The number of hydrogen-bond acceptors (Lipinski definition) is 5. The van der Waals surface area contributed by atoms with E-state index in [1.54, 1.807) is 12.1 Å². The van der Waals surface area contributed by atoms with Crippen LogP contribution in [0.1, 0.15) is 18.4 Å². The van der Waals surface area contributed by atoms with Crippen LogP contribution >= 0.6 is 0 Å². The van der Waals surface area contributed by atoms with Gasteiger partial charge in [-0.1, -0.05) is 12.1 Å². The Labute approximate surface area is 138 Å². The molecular weight excluding hydrogens is 318 g/mol. The summed E-state index contributed by atoms with van der Waals surface area (Å²) in [5, 5.41) is 27.4. The predicted molar refractivity (Wildman–Crippen MR) is 85.8 cm³/mol. The number of nitrogens with zero attached hydrogens (tertiary/aromatic N) is 1. The maximum atomic E-state index is 10.9. The first kappa shape index (κ1) is 19.2. The Bertz CT molecular complexity index is 582. The molecule has 1 rings (SSSR count). The van der Waals surface area contributed by atoms with Gasteiger partial charge in [0.1, 0.15) is 5.75 Å². The van der Waals surface area contributed by atoms with E-state index in [1.807, 2.05) is 0 Å². The van der Waals surface area contributed by atoms with Crippen molar-refractivity contribution >= 4 is 17.9 Å². The first-order valence-electron chi connectivity index (χ1n) is 7.22. The first-order valence-corrected chi connectivity index (χ1v) is 7.22. The van der Waals surface area contributed by atoms with Gasteiger partial charge in [0.15, 0.2) is 5.96 Å². The molecule has 0 aliphatic carbocycles. The summed E-state index contributed by atoms with van der Waals surface area (Å²) in [6.45, 7) is 0.973. The molecule has 1 aromatic rings. The minimum Gasteiger partial charge on any atom is -0.494 e. The molecule has 0 amide bonds. The van der Waals surface area contributed by atoms with Crippen LogP contribution < -0.4 is 16.2 Å². The number of benzene rings is 1. The van der Waals surface area contributed by atoms with Crippen LogP contribution in [0.5, 0.6) is 5.75 Å². The van der Waals surface area contributed by atoms with Crippen LogP contribution in [0, 0.1) is 0 Å². The number of hydrogen-bond donors (Lipinski definition) is 5. The van der Waals surface area contributed by atoms with Crippen molar-refractivity contribution in [3.8, 4) is 5.75 Å². The highest BCUT2D eigenvalue weighted by Crippen LogP contribution is 2.18. The van der Waals surface area contributed by atoms with E-state index in [-0.39, 0.29) is 5.96 Å². The van der Waals surface area contributed by atoms with E-state index in [0.29, 0.717) is 24.5 Å². The number of carbonyl (C=O) groups is 2. The zero-order valence-electron chi connectivity index (χ0n) is 13.0. The molecule has 0 radical (unpaired) electrons. The van der Waals surface area contributed by atoms with Crippen molar-refractivity contribution in [3.63, 3.8) is 0 Å². The second-order valence-electron chi connectivity index (χ2n) is 5.15. The van der Waals surface area contributed by atoms with Gasteiger partial charge in [0.2, 0.25) is 0 Å². The molecule has 0 aliphatic rings. The zero-order valence-corrected chi connectivity index (χ0v) is 13.0. The number of carboxylic acid groups (broad SMARTS) is 2. The quantitative estimate of drug-likeness (QED) is 0.165. The lowest BCUT2D eigenvalue weighted by molar-refractivity contribution is -0.175. The predicted octanol–water partition coefficient (Wildman–Crippen LogP) is -0.438. The summed E-state index contributed by atoms with van der Waals surface area (Å²) < 4.78 is 5.49. The lowest BCUT2D eigenvalue weighted by atomic mass is 9.95. The molecule has 0 saturated heterocycles. The van der Waals surface area contributed by atoms with Crippen LogP contribution in [-0.4, -0.2) is 52.0 Å². The third-order valence-electron chi connectivity index (χ3n) is 3.21. The molecule has 7 N–H and O–H groups in total. The van der Waals surface area contributed by atoms with Gasteiger partial charge in [-0.2, -0.15) is 0 Å². The first-order chi connectivity index (χ1) is 11.3. The molecule has 0 fully saturated rings. The molecule has 1 aromatic carbocycles. The largest absolute Gasteiger partial charge is 0.494 e. The summed E-state index contributed by atoms with van der Waals surface area (Å²) in [5.41, 5.74) is 7.91. The third-order valence-corrected chi connectivity index (χ3v) is 3.21. The lowest BCUT2D eigenvalue weighted by Gasteiger charge is -2.18. The average molecular weight is 339 g/mol. The van der Waals surface area contributed by atoms with Gasteiger partial charge in [0.25, 0.3) is 5.60 Å². The number of rotatable bonds is 10. The Hall–Kier alpha value is -2.81. The molecule has 0 aliphatic heterocycles. The van der Waals surface area contributed by atoms with E-state index in [0.717, 1.165) is 12.8 Å². The number of carboxylic acids is 2. The van der Waals surface area contributed by atoms with E-state index in [4.69, 9.17) is 26.4 Å². The number of aliphatic carboxylic acids is 2. The highest BCUT2D eigenvalue weighted by Gasteiger charge is 2.44. The van der Waals surface area contributed by atoms with Crippen molar-refractivity contribution in [1.29, 1.82) is 0 Å². The number of aliphatic hydroxyl groups is 1. The van der Waals surface area contributed by atoms with Crippen LogP contribution in [0.4, 0.5) is 0 Å². The summed E-state index contributed by atoms with van der Waals surface area (Å²) in [5.74, 6) is -3.02. The molecule has 0 heterocycles. The van der Waals surface area contributed by atoms with Crippen LogP contribution in [0.2, 0.25) is 0 Å². The maximum Gasteiger partial charge on any atom is 0.347 e. The Kier molecular flexibility index (Phi) is 6.99. The van der Waals surface area contributed by atoms with Gasteiger partial charge in [0.05, 0.1) is 6.61 Å². The second kappa shape index (κ2) is 8.73. The Morgan fingerprint density at radius 1 is 1.08 bits per heavy atom. The van der Waals surface area contributed by atoms with Gasteiger partial charge in [-0.15, -0.1) is 0 Å². The smallest absolute Gasteiger partial charge is 0.347 e. The fourth-order valence-electron chi connectivity index (χ4n) is 1.85. The van der Waals surface area contributed by atoms with Gasteiger partial charge < -0.3 is 31.5 Å². The lowest BCUT2D eigenvalue weighted by Crippen LogP contribution is -2.48. The van der Waals surface area contributed by atoms with Gasteiger partial charge in [-0.05, 0) is 30.5 Å². The zero-order chi connectivity index (χ0) is 18.2. The molecule has 9 nitrogen and oxygen atoms in total. The average Bonchev–Trinajstić information content (AvgIpc) is 2.51. The van der Waals surface area contributed by atoms with Crippen LogP contribution in [0.15, 0.2) is 29.3 Å². The standard InChI is InChI=1S/C15H21N3O6/c16-14(17)18-7-1-2-8-24-11-5-3-10(4-6-11)9-15(23,12(19)20)13(21)22/h3-6,23H,1-2,7-9H2,(H,19,20)(H,21,22)(H4,16,17,18). The Morgan fingerprint density at radius 3 is 2.17 bits per heavy atom. The molecule has 24 heavy (non-hydrogen) atoms. The fraction of sp³-hybridized carbons (Fsp3) is 0.400. The van der Waals surface area contributed by atoms with E-state index >= 15 is 0 Å². The number of aliphatic imine (C=N–C) groups is 1. The molecule has 0 bridgehead atoms. The Morgan fingerprint density at radius 2 is 1.67 bits per heavy atom. The maximum absolute atomic E-state index is 10.9. The number of nitrogens with two attached hydrogens (primary N) is 2.